The smallest absolute Gasteiger partial charge is 0.324 e. The van der Waals surface area contributed by atoms with Gasteiger partial charge in [-0.1, -0.05) is 5.16 Å². The summed E-state index contributed by atoms with van der Waals surface area (Å²) in [6.45, 7) is 1.10. The Kier molecular flexibility index (Phi) is 8.58. The molecule has 1 amide bonds. The van der Waals surface area contributed by atoms with E-state index in [0.717, 1.165) is 6.92 Å². The number of amides is 1. The predicted molar refractivity (Wildman–Crippen MR) is 94.5 cm³/mol. The van der Waals surface area contributed by atoms with Crippen LogP contribution in [0.2, 0.25) is 0 Å². The first-order valence-electron chi connectivity index (χ1n) is 7.53. The third-order valence-electron chi connectivity index (χ3n) is 3.17. The molecule has 0 radical (unpaired) electrons. The van der Waals surface area contributed by atoms with Crippen molar-refractivity contribution in [2.45, 2.75) is 37.6 Å². The van der Waals surface area contributed by atoms with Crippen LogP contribution in [0.4, 0.5) is 0 Å². The number of aliphatic carboxylic acids is 1. The molecule has 0 spiro atoms. The van der Waals surface area contributed by atoms with Crippen LogP contribution in [0.3, 0.4) is 0 Å². The molecule has 13 nitrogen and oxygen atoms in total. The van der Waals surface area contributed by atoms with Crippen LogP contribution in [0.25, 0.3) is 0 Å². The van der Waals surface area contributed by atoms with Crippen LogP contribution in [0, 0.1) is 0 Å². The van der Waals surface area contributed by atoms with Gasteiger partial charge in [0.15, 0.2) is 5.82 Å². The Balaban J connectivity index is 3.04. The number of primary amides is 1. The van der Waals surface area contributed by atoms with E-state index in [1.54, 1.807) is 4.72 Å². The molecule has 1 heterocycles. The molecule has 1 aromatic heterocycles. The number of nitrogens with two attached hydrogens (primary N) is 2. The SMILES string of the molecule is CSC[C@H](N)c1noc([C@H](CC(N)=O)NS(=O)(=O)N[C@H](C(=O)O)C(C)O)n1. The fourth-order valence-corrected chi connectivity index (χ4v) is 3.68. The standard InChI is InChI=1S/C12H22N6O7S2/c1-5(19)9(12(21)22)18-27(23,24)17-7(3-8(14)20)11-15-10(16-25-11)6(13)4-26-2/h5-7,9,17-19H,3-4,13H2,1-2H3,(H2,14,20)(H,21,22)/t5?,6-,7-,9-/m0/s1. The number of carbonyl (C=O) groups excluding carboxylic acids is 1. The molecule has 1 unspecified atom stereocenters. The van der Waals surface area contributed by atoms with Crippen LogP contribution in [0.15, 0.2) is 4.52 Å². The normalized spacial score (nSPS) is 16.4. The molecule has 0 fully saturated rings. The van der Waals surface area contributed by atoms with Gasteiger partial charge < -0.3 is 26.2 Å². The van der Waals surface area contributed by atoms with Crippen LogP contribution >= 0.6 is 11.8 Å². The summed E-state index contributed by atoms with van der Waals surface area (Å²) in [6.07, 6.45) is -0.238. The Hall–Kier alpha value is -1.78. The van der Waals surface area contributed by atoms with Gasteiger partial charge in [-0.05, 0) is 13.2 Å². The molecule has 1 rings (SSSR count). The Morgan fingerprint density at radius 2 is 2.00 bits per heavy atom. The summed E-state index contributed by atoms with van der Waals surface area (Å²) in [5.74, 6) is -2.16. The highest BCUT2D eigenvalue weighted by Gasteiger charge is 2.32. The highest BCUT2D eigenvalue weighted by atomic mass is 32.2. The van der Waals surface area contributed by atoms with E-state index in [2.05, 4.69) is 10.1 Å². The number of carboxylic acids is 1. The van der Waals surface area contributed by atoms with Gasteiger partial charge in [0.05, 0.1) is 18.6 Å². The molecule has 0 saturated carbocycles. The van der Waals surface area contributed by atoms with Crippen molar-refractivity contribution in [3.63, 3.8) is 0 Å². The molecule has 0 aromatic carbocycles. The van der Waals surface area contributed by atoms with Crippen LogP contribution in [0.1, 0.15) is 37.1 Å². The van der Waals surface area contributed by atoms with Gasteiger partial charge >= 0.3 is 5.97 Å². The predicted octanol–water partition coefficient (Wildman–Crippen LogP) is -2.39. The molecule has 0 saturated heterocycles. The van der Waals surface area contributed by atoms with Gasteiger partial charge in [-0.2, -0.15) is 34.6 Å². The summed E-state index contributed by atoms with van der Waals surface area (Å²) in [4.78, 5) is 26.3. The molecule has 0 aliphatic carbocycles. The Bertz CT molecular complexity index is 753. The first-order valence-corrected chi connectivity index (χ1v) is 10.4. The lowest BCUT2D eigenvalue weighted by Crippen LogP contribution is -2.52. The zero-order chi connectivity index (χ0) is 20.8. The molecule has 15 heteroatoms. The molecular formula is C12H22N6O7S2. The van der Waals surface area contributed by atoms with E-state index in [0.29, 0.717) is 5.75 Å². The molecule has 0 aliphatic rings. The molecule has 1 aromatic rings. The monoisotopic (exact) mass is 426 g/mol. The van der Waals surface area contributed by atoms with Crippen LogP contribution in [0.5, 0.6) is 0 Å². The molecule has 27 heavy (non-hydrogen) atoms. The third-order valence-corrected chi connectivity index (χ3v) is 5.02. The van der Waals surface area contributed by atoms with Gasteiger partial charge in [0.25, 0.3) is 10.2 Å². The molecule has 4 atom stereocenters. The maximum absolute atomic E-state index is 12.2. The second-order valence-corrected chi connectivity index (χ2v) is 7.96. The quantitative estimate of drug-likeness (QED) is 0.207. The van der Waals surface area contributed by atoms with Crippen molar-refractivity contribution in [2.75, 3.05) is 12.0 Å². The fourth-order valence-electron chi connectivity index (χ4n) is 1.92. The van der Waals surface area contributed by atoms with Crippen molar-refractivity contribution >= 4 is 33.8 Å². The summed E-state index contributed by atoms with van der Waals surface area (Å²) >= 11 is 1.43. The zero-order valence-electron chi connectivity index (χ0n) is 14.5. The molecular weight excluding hydrogens is 404 g/mol. The Labute approximate surface area is 159 Å². The minimum atomic E-state index is -4.50. The first kappa shape index (κ1) is 23.3. The number of carbonyl (C=O) groups is 2. The van der Waals surface area contributed by atoms with Gasteiger partial charge in [0.2, 0.25) is 11.8 Å². The minimum absolute atomic E-state index is 0.105. The highest BCUT2D eigenvalue weighted by molar-refractivity contribution is 7.98. The number of rotatable bonds is 12. The number of hydrogen-bond donors (Lipinski definition) is 6. The van der Waals surface area contributed by atoms with E-state index in [1.807, 2.05) is 11.0 Å². The maximum atomic E-state index is 12.2. The zero-order valence-corrected chi connectivity index (χ0v) is 16.2. The molecule has 0 bridgehead atoms. The van der Waals surface area contributed by atoms with E-state index in [4.69, 9.17) is 21.1 Å². The number of thioether (sulfide) groups is 1. The van der Waals surface area contributed by atoms with Crippen molar-refractivity contribution < 1.29 is 32.7 Å². The largest absolute Gasteiger partial charge is 0.480 e. The van der Waals surface area contributed by atoms with E-state index in [-0.39, 0.29) is 11.7 Å². The van der Waals surface area contributed by atoms with Crippen molar-refractivity contribution in [3.8, 4) is 0 Å². The summed E-state index contributed by atoms with van der Waals surface area (Å²) < 4.78 is 33.1. The minimum Gasteiger partial charge on any atom is -0.480 e. The summed E-state index contributed by atoms with van der Waals surface area (Å²) in [7, 11) is -4.50. The summed E-state index contributed by atoms with van der Waals surface area (Å²) in [5, 5.41) is 22.0. The second kappa shape index (κ2) is 9.95. The number of carboxylic acid groups (broad SMARTS) is 1. The maximum Gasteiger partial charge on any atom is 0.324 e. The van der Waals surface area contributed by atoms with Crippen LogP contribution in [-0.2, 0) is 19.8 Å². The molecule has 154 valence electrons. The van der Waals surface area contributed by atoms with Crippen molar-refractivity contribution in [2.24, 2.45) is 11.5 Å². The molecule has 0 aliphatic heterocycles. The number of aliphatic hydroxyl groups excluding tert-OH is 1. The first-order chi connectivity index (χ1) is 12.5. The van der Waals surface area contributed by atoms with E-state index >= 15 is 0 Å². The average Bonchev–Trinajstić information content (AvgIpc) is 3.01. The van der Waals surface area contributed by atoms with Crippen LogP contribution < -0.4 is 20.9 Å². The van der Waals surface area contributed by atoms with Gasteiger partial charge in [0.1, 0.15) is 12.1 Å². The molecule has 8 N–H and O–H groups in total. The topological polar surface area (TPSA) is 224 Å². The number of hydrogen-bond acceptors (Lipinski definition) is 10. The van der Waals surface area contributed by atoms with Crippen molar-refractivity contribution in [1.82, 2.24) is 19.6 Å². The van der Waals surface area contributed by atoms with Crippen LogP contribution in [-0.4, -0.2) is 64.8 Å². The Morgan fingerprint density at radius 1 is 1.37 bits per heavy atom. The Morgan fingerprint density at radius 3 is 2.48 bits per heavy atom. The highest BCUT2D eigenvalue weighted by Crippen LogP contribution is 2.19. The summed E-state index contributed by atoms with van der Waals surface area (Å²) in [5.41, 5.74) is 11.0. The van der Waals surface area contributed by atoms with Gasteiger partial charge in [-0.15, -0.1) is 0 Å². The second-order valence-electron chi connectivity index (χ2n) is 5.57. The number of aromatic nitrogens is 2. The van der Waals surface area contributed by atoms with E-state index < -0.39 is 52.7 Å². The van der Waals surface area contributed by atoms with Crippen molar-refractivity contribution in [1.29, 1.82) is 0 Å². The number of nitrogens with one attached hydrogen (secondary N) is 2. The number of nitrogens with zero attached hydrogens (tertiary/aromatic N) is 2. The van der Waals surface area contributed by atoms with E-state index in [1.165, 1.54) is 11.8 Å². The summed E-state index contributed by atoms with van der Waals surface area (Å²) in [6, 6.07) is -3.75. The average molecular weight is 426 g/mol. The lowest BCUT2D eigenvalue weighted by atomic mass is 10.2. The number of aliphatic hydroxyl groups is 1. The fraction of sp³-hybridized carbons (Fsp3) is 0.667. The van der Waals surface area contributed by atoms with Gasteiger partial charge in [-0.3, -0.25) is 9.59 Å². The lowest BCUT2D eigenvalue weighted by molar-refractivity contribution is -0.141. The van der Waals surface area contributed by atoms with Crippen molar-refractivity contribution in [3.05, 3.63) is 11.7 Å². The van der Waals surface area contributed by atoms with E-state index in [9.17, 15) is 23.1 Å². The van der Waals surface area contributed by atoms with Gasteiger partial charge in [0, 0.05) is 5.75 Å². The van der Waals surface area contributed by atoms with Gasteiger partial charge in [-0.25, -0.2) is 0 Å². The third kappa shape index (κ3) is 7.39. The lowest BCUT2D eigenvalue weighted by Gasteiger charge is -2.19.